The Morgan fingerprint density at radius 3 is 2.54 bits per heavy atom. The normalized spacial score (nSPS) is 11.5. The fourth-order valence-corrected chi connectivity index (χ4v) is 3.70. The molecular formula is C20H16BrClN2O3S. The lowest BCUT2D eigenvalue weighted by molar-refractivity contribution is 0.305. The summed E-state index contributed by atoms with van der Waals surface area (Å²) in [6.45, 7) is 0.376. The minimum absolute atomic E-state index is 0.0771. The summed E-state index contributed by atoms with van der Waals surface area (Å²) < 4.78 is 31.3. The van der Waals surface area contributed by atoms with Crippen molar-refractivity contribution in [3.63, 3.8) is 0 Å². The van der Waals surface area contributed by atoms with Crippen molar-refractivity contribution < 1.29 is 13.2 Å². The highest BCUT2D eigenvalue weighted by atomic mass is 79.9. The molecule has 0 saturated carbocycles. The van der Waals surface area contributed by atoms with Gasteiger partial charge in [0.1, 0.15) is 12.4 Å². The van der Waals surface area contributed by atoms with Crippen LogP contribution in [-0.2, 0) is 16.6 Å². The average molecular weight is 480 g/mol. The van der Waals surface area contributed by atoms with Gasteiger partial charge in [-0.1, -0.05) is 51.8 Å². The van der Waals surface area contributed by atoms with Gasteiger partial charge in [-0.2, -0.15) is 13.5 Å². The molecule has 144 valence electrons. The van der Waals surface area contributed by atoms with E-state index in [1.54, 1.807) is 12.1 Å². The van der Waals surface area contributed by atoms with Crippen LogP contribution in [0.25, 0.3) is 0 Å². The summed E-state index contributed by atoms with van der Waals surface area (Å²) in [5, 5.41) is 4.32. The van der Waals surface area contributed by atoms with E-state index in [1.807, 2.05) is 36.4 Å². The second-order valence-corrected chi connectivity index (χ2v) is 8.78. The van der Waals surface area contributed by atoms with Crippen LogP contribution in [0.4, 0.5) is 0 Å². The molecule has 0 radical (unpaired) electrons. The van der Waals surface area contributed by atoms with Crippen molar-refractivity contribution >= 4 is 43.8 Å². The average Bonchev–Trinajstić information content (AvgIpc) is 2.67. The molecule has 0 bridgehead atoms. The minimum atomic E-state index is -3.77. The van der Waals surface area contributed by atoms with E-state index in [-0.39, 0.29) is 4.90 Å². The SMILES string of the molecule is O=S(=O)(N/N=C/c1ccccc1OCc1cccc(Br)c1)c1ccc(Cl)cc1. The van der Waals surface area contributed by atoms with Gasteiger partial charge in [0.25, 0.3) is 10.0 Å². The van der Waals surface area contributed by atoms with Gasteiger partial charge in [0, 0.05) is 15.1 Å². The van der Waals surface area contributed by atoms with E-state index >= 15 is 0 Å². The minimum Gasteiger partial charge on any atom is -0.488 e. The third-order valence-corrected chi connectivity index (χ3v) is 5.69. The van der Waals surface area contributed by atoms with Gasteiger partial charge in [0.15, 0.2) is 0 Å². The van der Waals surface area contributed by atoms with Gasteiger partial charge < -0.3 is 4.74 Å². The number of halogens is 2. The van der Waals surface area contributed by atoms with Gasteiger partial charge in [-0.25, -0.2) is 4.83 Å². The summed E-state index contributed by atoms with van der Waals surface area (Å²) in [7, 11) is -3.77. The number of rotatable bonds is 7. The Labute approximate surface area is 177 Å². The number of ether oxygens (including phenoxy) is 1. The maximum Gasteiger partial charge on any atom is 0.276 e. The molecule has 0 aliphatic heterocycles. The van der Waals surface area contributed by atoms with Crippen LogP contribution >= 0.6 is 27.5 Å². The van der Waals surface area contributed by atoms with Gasteiger partial charge in [-0.15, -0.1) is 0 Å². The van der Waals surface area contributed by atoms with E-state index in [0.29, 0.717) is 22.9 Å². The van der Waals surface area contributed by atoms with Crippen molar-refractivity contribution in [1.29, 1.82) is 0 Å². The van der Waals surface area contributed by atoms with Crippen molar-refractivity contribution in [2.24, 2.45) is 5.10 Å². The lowest BCUT2D eigenvalue weighted by Gasteiger charge is -2.09. The largest absolute Gasteiger partial charge is 0.488 e. The second kappa shape index (κ2) is 9.23. The van der Waals surface area contributed by atoms with E-state index in [4.69, 9.17) is 16.3 Å². The van der Waals surface area contributed by atoms with Crippen molar-refractivity contribution in [2.45, 2.75) is 11.5 Å². The van der Waals surface area contributed by atoms with Gasteiger partial charge in [0.05, 0.1) is 11.1 Å². The van der Waals surface area contributed by atoms with Crippen LogP contribution in [0.2, 0.25) is 5.02 Å². The predicted octanol–water partition coefficient (Wildman–Crippen LogP) is 4.99. The number of nitrogens with one attached hydrogen (secondary N) is 1. The quantitative estimate of drug-likeness (QED) is 0.383. The Balaban J connectivity index is 1.69. The van der Waals surface area contributed by atoms with E-state index in [0.717, 1.165) is 10.0 Å². The van der Waals surface area contributed by atoms with Gasteiger partial charge in [-0.05, 0) is 54.1 Å². The lowest BCUT2D eigenvalue weighted by Crippen LogP contribution is -2.18. The molecule has 8 heteroatoms. The van der Waals surface area contributed by atoms with Crippen molar-refractivity contribution in [3.05, 3.63) is 93.4 Å². The highest BCUT2D eigenvalue weighted by Gasteiger charge is 2.12. The van der Waals surface area contributed by atoms with Crippen LogP contribution in [0, 0.1) is 0 Å². The highest BCUT2D eigenvalue weighted by Crippen LogP contribution is 2.19. The van der Waals surface area contributed by atoms with Crippen molar-refractivity contribution in [3.8, 4) is 5.75 Å². The van der Waals surface area contributed by atoms with Gasteiger partial charge in [-0.3, -0.25) is 0 Å². The summed E-state index contributed by atoms with van der Waals surface area (Å²) in [4.78, 5) is 2.27. The zero-order valence-corrected chi connectivity index (χ0v) is 17.7. The first kappa shape index (κ1) is 20.4. The maximum absolute atomic E-state index is 12.3. The predicted molar refractivity (Wildman–Crippen MR) is 114 cm³/mol. The number of benzene rings is 3. The molecule has 0 atom stereocenters. The van der Waals surface area contributed by atoms with Crippen LogP contribution in [0.15, 0.2) is 87.3 Å². The van der Waals surface area contributed by atoms with Crippen LogP contribution in [0.3, 0.4) is 0 Å². The molecule has 0 aromatic heterocycles. The molecule has 0 heterocycles. The first-order valence-electron chi connectivity index (χ1n) is 8.21. The molecular weight excluding hydrogens is 464 g/mol. The third-order valence-electron chi connectivity index (χ3n) is 3.70. The monoisotopic (exact) mass is 478 g/mol. The Morgan fingerprint density at radius 2 is 1.79 bits per heavy atom. The fraction of sp³-hybridized carbons (Fsp3) is 0.0500. The Bertz CT molecular complexity index is 1090. The topological polar surface area (TPSA) is 67.8 Å². The van der Waals surface area contributed by atoms with Gasteiger partial charge in [0.2, 0.25) is 0 Å². The molecule has 28 heavy (non-hydrogen) atoms. The molecule has 1 N–H and O–H groups in total. The maximum atomic E-state index is 12.3. The number of hydrogen-bond acceptors (Lipinski definition) is 4. The molecule has 0 saturated heterocycles. The van der Waals surface area contributed by atoms with E-state index < -0.39 is 10.0 Å². The van der Waals surface area contributed by atoms with Gasteiger partial charge >= 0.3 is 0 Å². The van der Waals surface area contributed by atoms with Crippen LogP contribution in [0.1, 0.15) is 11.1 Å². The first-order chi connectivity index (χ1) is 13.4. The zero-order valence-electron chi connectivity index (χ0n) is 14.5. The molecule has 0 spiro atoms. The number of para-hydroxylation sites is 1. The molecule has 0 fully saturated rings. The van der Waals surface area contributed by atoms with Crippen LogP contribution in [-0.4, -0.2) is 14.6 Å². The summed E-state index contributed by atoms with van der Waals surface area (Å²) in [5.74, 6) is 0.594. The number of nitrogens with zero attached hydrogens (tertiary/aromatic N) is 1. The smallest absolute Gasteiger partial charge is 0.276 e. The molecule has 3 aromatic rings. The molecule has 3 rings (SSSR count). The third kappa shape index (κ3) is 5.58. The molecule has 0 amide bonds. The van der Waals surface area contributed by atoms with Crippen LogP contribution in [0.5, 0.6) is 5.75 Å². The molecule has 5 nitrogen and oxygen atoms in total. The first-order valence-corrected chi connectivity index (χ1v) is 10.9. The molecule has 3 aromatic carbocycles. The highest BCUT2D eigenvalue weighted by molar-refractivity contribution is 9.10. The summed E-state index contributed by atoms with van der Waals surface area (Å²) in [6.07, 6.45) is 1.41. The molecule has 0 aliphatic rings. The summed E-state index contributed by atoms with van der Waals surface area (Å²) in [6, 6.07) is 20.9. The summed E-state index contributed by atoms with van der Waals surface area (Å²) in [5.41, 5.74) is 1.65. The fourth-order valence-electron chi connectivity index (χ4n) is 2.34. The van der Waals surface area contributed by atoms with Crippen molar-refractivity contribution in [1.82, 2.24) is 4.83 Å². The van der Waals surface area contributed by atoms with E-state index in [2.05, 4.69) is 25.9 Å². The zero-order chi connectivity index (χ0) is 20.0. The Morgan fingerprint density at radius 1 is 1.04 bits per heavy atom. The number of sulfonamides is 1. The number of hydrazone groups is 1. The van der Waals surface area contributed by atoms with E-state index in [1.165, 1.54) is 30.5 Å². The van der Waals surface area contributed by atoms with Crippen molar-refractivity contribution in [2.75, 3.05) is 0 Å². The Hall–Kier alpha value is -2.35. The summed E-state index contributed by atoms with van der Waals surface area (Å²) >= 11 is 9.21. The Kier molecular flexibility index (Phi) is 6.72. The second-order valence-electron chi connectivity index (χ2n) is 5.76. The number of hydrogen-bond donors (Lipinski definition) is 1. The molecule has 0 aliphatic carbocycles. The van der Waals surface area contributed by atoms with E-state index in [9.17, 15) is 8.42 Å². The standard InChI is InChI=1S/C20H16BrClN2O3S/c21-17-6-3-4-15(12-17)14-27-20-7-2-1-5-16(20)13-23-24-28(25,26)19-10-8-18(22)9-11-19/h1-13,24H,14H2/b23-13+. The lowest BCUT2D eigenvalue weighted by atomic mass is 10.2. The molecule has 0 unspecified atom stereocenters. The van der Waals surface area contributed by atoms with Crippen LogP contribution < -0.4 is 9.57 Å².